The van der Waals surface area contributed by atoms with E-state index in [1.165, 1.54) is 18.5 Å². The smallest absolute Gasteiger partial charge is 0.267 e. The van der Waals surface area contributed by atoms with Gasteiger partial charge in [0.25, 0.3) is 5.91 Å². The average molecular weight is 474 g/mol. The number of hydrogen-bond acceptors (Lipinski definition) is 6. The predicted octanol–water partition coefficient (Wildman–Crippen LogP) is 4.14. The zero-order valence-corrected chi connectivity index (χ0v) is 19.9. The zero-order chi connectivity index (χ0) is 24.9. The number of hydrogen-bond donors (Lipinski definition) is 1. The van der Waals surface area contributed by atoms with Crippen LogP contribution in [0.3, 0.4) is 0 Å². The Morgan fingerprint density at radius 2 is 2.00 bits per heavy atom. The van der Waals surface area contributed by atoms with Crippen molar-refractivity contribution in [3.63, 3.8) is 0 Å². The minimum atomic E-state index is -0.642. The third-order valence-corrected chi connectivity index (χ3v) is 6.09. The predicted molar refractivity (Wildman–Crippen MR) is 137 cm³/mol. The Morgan fingerprint density at radius 3 is 2.71 bits per heavy atom. The number of rotatable bonds is 7. The van der Waals surface area contributed by atoms with E-state index in [4.69, 9.17) is 10.5 Å². The van der Waals surface area contributed by atoms with Gasteiger partial charge in [-0.15, -0.1) is 0 Å². The fraction of sp³-hybridized carbons (Fsp3) is 0.259. The van der Waals surface area contributed by atoms with E-state index >= 15 is 4.39 Å². The molecule has 35 heavy (non-hydrogen) atoms. The van der Waals surface area contributed by atoms with Crippen molar-refractivity contribution < 1.29 is 13.9 Å². The number of fused-ring (bicyclic) bond motifs is 1. The van der Waals surface area contributed by atoms with Gasteiger partial charge in [0.05, 0.1) is 24.4 Å². The van der Waals surface area contributed by atoms with Crippen LogP contribution in [0.25, 0.3) is 22.2 Å². The second-order valence-corrected chi connectivity index (χ2v) is 8.55. The molecule has 4 rings (SSSR count). The molecule has 180 valence electrons. The van der Waals surface area contributed by atoms with Crippen LogP contribution in [0.5, 0.6) is 0 Å². The Hall–Kier alpha value is -3.91. The molecule has 2 N–H and O–H groups in total. The van der Waals surface area contributed by atoms with E-state index < -0.39 is 5.91 Å². The lowest BCUT2D eigenvalue weighted by atomic mass is 9.95. The van der Waals surface area contributed by atoms with Gasteiger partial charge in [0.15, 0.2) is 0 Å². The lowest BCUT2D eigenvalue weighted by molar-refractivity contribution is -0.114. The summed E-state index contributed by atoms with van der Waals surface area (Å²) in [6, 6.07) is 9.37. The second kappa shape index (κ2) is 10.6. The van der Waals surface area contributed by atoms with E-state index in [2.05, 4.69) is 26.6 Å². The number of aliphatic imine (C=N–C) groups is 1. The van der Waals surface area contributed by atoms with E-state index in [1.807, 2.05) is 38.1 Å². The van der Waals surface area contributed by atoms with Gasteiger partial charge in [-0.1, -0.05) is 11.6 Å². The van der Waals surface area contributed by atoms with Crippen LogP contribution >= 0.6 is 0 Å². The molecule has 1 amide bonds. The molecule has 2 heterocycles. The fourth-order valence-corrected chi connectivity index (χ4v) is 4.16. The highest BCUT2D eigenvalue weighted by molar-refractivity contribution is 5.94. The number of ether oxygens (including phenoxy) is 1. The molecule has 3 aromatic rings. The van der Waals surface area contributed by atoms with Gasteiger partial charge in [0, 0.05) is 29.7 Å². The first-order valence-corrected chi connectivity index (χ1v) is 11.4. The quantitative estimate of drug-likeness (QED) is 0.316. The summed E-state index contributed by atoms with van der Waals surface area (Å²) in [6.45, 7) is 10.2. The van der Waals surface area contributed by atoms with Crippen molar-refractivity contribution in [3.8, 4) is 11.3 Å². The number of benzene rings is 2. The number of amides is 1. The van der Waals surface area contributed by atoms with Crippen LogP contribution in [0.4, 0.5) is 10.1 Å². The summed E-state index contributed by atoms with van der Waals surface area (Å²) in [5, 5.41) is 0.788. The monoisotopic (exact) mass is 473 g/mol. The molecule has 1 fully saturated rings. The fourth-order valence-electron chi connectivity index (χ4n) is 4.16. The number of anilines is 1. The molecular formula is C27H28FN5O2. The van der Waals surface area contributed by atoms with Crippen molar-refractivity contribution in [2.75, 3.05) is 31.2 Å². The average Bonchev–Trinajstić information content (AvgIpc) is 2.86. The van der Waals surface area contributed by atoms with Gasteiger partial charge in [0.1, 0.15) is 17.8 Å². The van der Waals surface area contributed by atoms with Gasteiger partial charge in [-0.2, -0.15) is 0 Å². The lowest BCUT2D eigenvalue weighted by Crippen LogP contribution is -2.36. The number of aromatic nitrogens is 2. The van der Waals surface area contributed by atoms with Crippen molar-refractivity contribution in [1.82, 2.24) is 9.97 Å². The number of carbonyl (C=O) groups excluding carboxylic acids is 1. The number of halogens is 1. The first kappa shape index (κ1) is 24.2. The summed E-state index contributed by atoms with van der Waals surface area (Å²) in [4.78, 5) is 26.1. The van der Waals surface area contributed by atoms with Crippen LogP contribution in [0.1, 0.15) is 18.1 Å². The molecule has 0 saturated carbocycles. The molecule has 1 saturated heterocycles. The van der Waals surface area contributed by atoms with E-state index in [0.29, 0.717) is 30.9 Å². The molecule has 0 spiro atoms. The Bertz CT molecular complexity index is 1340. The molecule has 2 aromatic carbocycles. The minimum absolute atomic E-state index is 0.0878. The molecule has 0 bridgehead atoms. The Balaban J connectivity index is 1.69. The highest BCUT2D eigenvalue weighted by Crippen LogP contribution is 2.32. The summed E-state index contributed by atoms with van der Waals surface area (Å²) < 4.78 is 20.6. The van der Waals surface area contributed by atoms with Crippen LogP contribution in [-0.4, -0.2) is 48.9 Å². The van der Waals surface area contributed by atoms with E-state index in [0.717, 1.165) is 46.4 Å². The Kier molecular flexibility index (Phi) is 7.31. The highest BCUT2D eigenvalue weighted by atomic mass is 19.1. The Morgan fingerprint density at radius 1 is 1.23 bits per heavy atom. The number of carbonyl (C=O) groups is 1. The largest absolute Gasteiger partial charge is 0.378 e. The van der Waals surface area contributed by atoms with Gasteiger partial charge in [0.2, 0.25) is 0 Å². The standard InChI is InChI=1S/C27H28FN5O2/c1-17(4-7-24(30-3)27(29)34)12-19-14-22(23(28)13-18(19)2)26-21-6-5-20(15-25(21)31-16-32-26)33-8-10-35-11-9-33/h4-7,13-16H,3,8-12H2,1-2H3,(H2,29,34)/b17-4+,24-7-. The van der Waals surface area contributed by atoms with Crippen molar-refractivity contribution >= 4 is 29.2 Å². The van der Waals surface area contributed by atoms with Crippen LogP contribution in [0.2, 0.25) is 0 Å². The van der Waals surface area contributed by atoms with Crippen LogP contribution in [0.15, 0.2) is 65.1 Å². The SMILES string of the molecule is C=N/C(=C\C=C(/C)Cc1cc(-c2ncnc3cc(N4CCOCC4)ccc23)c(F)cc1C)C(N)=O. The van der Waals surface area contributed by atoms with E-state index in [1.54, 1.807) is 6.08 Å². The normalized spacial score (nSPS) is 14.9. The number of allylic oxidation sites excluding steroid dienone is 3. The third kappa shape index (κ3) is 5.44. The zero-order valence-electron chi connectivity index (χ0n) is 19.9. The first-order valence-electron chi connectivity index (χ1n) is 11.4. The Labute approximate surface area is 203 Å². The number of morpholine rings is 1. The van der Waals surface area contributed by atoms with Crippen LogP contribution < -0.4 is 10.6 Å². The summed E-state index contributed by atoms with van der Waals surface area (Å²) in [6.07, 6.45) is 5.34. The minimum Gasteiger partial charge on any atom is -0.378 e. The maximum atomic E-state index is 15.2. The first-order chi connectivity index (χ1) is 16.9. The molecular weight excluding hydrogens is 445 g/mol. The summed E-state index contributed by atoms with van der Waals surface area (Å²) in [7, 11) is 0. The van der Waals surface area contributed by atoms with E-state index in [9.17, 15) is 4.79 Å². The lowest BCUT2D eigenvalue weighted by Gasteiger charge is -2.29. The van der Waals surface area contributed by atoms with Crippen molar-refractivity contribution in [2.24, 2.45) is 10.7 Å². The summed E-state index contributed by atoms with van der Waals surface area (Å²) in [5.41, 5.74) is 10.9. The third-order valence-electron chi connectivity index (χ3n) is 6.09. The maximum Gasteiger partial charge on any atom is 0.267 e. The molecule has 8 heteroatoms. The number of primary amides is 1. The molecule has 0 aliphatic carbocycles. The number of aryl methyl sites for hydroxylation is 1. The topological polar surface area (TPSA) is 93.7 Å². The van der Waals surface area contributed by atoms with Gasteiger partial charge < -0.3 is 15.4 Å². The van der Waals surface area contributed by atoms with Gasteiger partial charge in [-0.05, 0) is 74.5 Å². The molecule has 1 aliphatic rings. The molecule has 0 atom stereocenters. The van der Waals surface area contributed by atoms with Crippen molar-refractivity contribution in [2.45, 2.75) is 20.3 Å². The van der Waals surface area contributed by atoms with Crippen LogP contribution in [-0.2, 0) is 16.0 Å². The number of nitrogens with zero attached hydrogens (tertiary/aromatic N) is 4. The van der Waals surface area contributed by atoms with Crippen molar-refractivity contribution in [3.05, 3.63) is 77.0 Å². The molecule has 7 nitrogen and oxygen atoms in total. The maximum absolute atomic E-state index is 15.2. The molecule has 1 aliphatic heterocycles. The number of nitrogens with two attached hydrogens (primary N) is 1. The molecule has 0 unspecified atom stereocenters. The summed E-state index contributed by atoms with van der Waals surface area (Å²) >= 11 is 0. The molecule has 1 aromatic heterocycles. The summed E-state index contributed by atoms with van der Waals surface area (Å²) in [5.74, 6) is -0.978. The van der Waals surface area contributed by atoms with Gasteiger partial charge >= 0.3 is 0 Å². The van der Waals surface area contributed by atoms with Crippen molar-refractivity contribution in [1.29, 1.82) is 0 Å². The second-order valence-electron chi connectivity index (χ2n) is 8.55. The van der Waals surface area contributed by atoms with Gasteiger partial charge in [-0.3, -0.25) is 9.79 Å². The highest BCUT2D eigenvalue weighted by Gasteiger charge is 2.16. The molecule has 0 radical (unpaired) electrons. The van der Waals surface area contributed by atoms with Crippen LogP contribution in [0, 0.1) is 12.7 Å². The van der Waals surface area contributed by atoms with E-state index in [-0.39, 0.29) is 11.5 Å². The van der Waals surface area contributed by atoms with Gasteiger partial charge in [-0.25, -0.2) is 14.4 Å².